The summed E-state index contributed by atoms with van der Waals surface area (Å²) in [6.45, 7) is 2.47. The summed E-state index contributed by atoms with van der Waals surface area (Å²) >= 11 is 1.55. The number of H-pyrrole nitrogens is 1. The summed E-state index contributed by atoms with van der Waals surface area (Å²) in [5.74, 6) is 0.361. The minimum absolute atomic E-state index is 0.0323. The maximum absolute atomic E-state index is 13.8. The van der Waals surface area contributed by atoms with E-state index in [4.69, 9.17) is 4.42 Å². The lowest BCUT2D eigenvalue weighted by molar-refractivity contribution is -0.133. The van der Waals surface area contributed by atoms with Crippen molar-refractivity contribution < 1.29 is 13.6 Å². The number of hydrogen-bond donors (Lipinski definition) is 1. The molecule has 0 fully saturated rings. The Balaban J connectivity index is 1.54. The number of benzene rings is 1. The lowest BCUT2D eigenvalue weighted by Gasteiger charge is -2.34. The number of aromatic nitrogens is 3. The van der Waals surface area contributed by atoms with Crippen LogP contribution in [0.25, 0.3) is 11.0 Å². The first kappa shape index (κ1) is 18.1. The first-order chi connectivity index (χ1) is 14.1. The van der Waals surface area contributed by atoms with Crippen LogP contribution in [0.4, 0.5) is 4.39 Å². The van der Waals surface area contributed by atoms with E-state index >= 15 is 0 Å². The molecule has 1 N–H and O–H groups in total. The Labute approximate surface area is 170 Å². The van der Waals surface area contributed by atoms with E-state index in [9.17, 15) is 9.18 Å². The number of nitrogens with one attached hydrogen (secondary N) is 1. The zero-order chi connectivity index (χ0) is 20.0. The van der Waals surface area contributed by atoms with Gasteiger partial charge in [0.05, 0.1) is 17.0 Å². The monoisotopic (exact) mass is 410 g/mol. The van der Waals surface area contributed by atoms with Gasteiger partial charge in [0.25, 0.3) is 0 Å². The van der Waals surface area contributed by atoms with Gasteiger partial charge in [0.15, 0.2) is 0 Å². The maximum atomic E-state index is 13.8. The minimum atomic E-state index is -0.427. The molecular formula is C21H19FN4O2S. The molecule has 0 aliphatic carbocycles. The van der Waals surface area contributed by atoms with Crippen LogP contribution in [-0.4, -0.2) is 32.3 Å². The van der Waals surface area contributed by atoms with Crippen molar-refractivity contribution >= 4 is 28.2 Å². The van der Waals surface area contributed by atoms with Crippen LogP contribution in [0.1, 0.15) is 40.2 Å². The van der Waals surface area contributed by atoms with Crippen LogP contribution in [0.15, 0.2) is 40.5 Å². The number of hydrogen-bond acceptors (Lipinski definition) is 5. The number of aryl methyl sites for hydroxylation is 2. The molecule has 5 rings (SSSR count). The molecule has 1 atom stereocenters. The molecule has 4 aromatic rings. The molecule has 0 radical (unpaired) electrons. The molecule has 148 valence electrons. The van der Waals surface area contributed by atoms with Gasteiger partial charge in [-0.3, -0.25) is 4.79 Å². The van der Waals surface area contributed by atoms with E-state index in [-0.39, 0.29) is 11.7 Å². The lowest BCUT2D eigenvalue weighted by Crippen LogP contribution is -2.41. The van der Waals surface area contributed by atoms with Gasteiger partial charge in [-0.25, -0.2) is 14.4 Å². The molecule has 0 spiro atoms. The van der Waals surface area contributed by atoms with E-state index in [0.29, 0.717) is 37.2 Å². The van der Waals surface area contributed by atoms with Crippen molar-refractivity contribution in [3.63, 3.8) is 0 Å². The minimum Gasteiger partial charge on any atom is -0.458 e. The van der Waals surface area contributed by atoms with E-state index in [1.54, 1.807) is 29.9 Å². The van der Waals surface area contributed by atoms with Gasteiger partial charge in [0.2, 0.25) is 5.91 Å². The molecule has 3 aromatic heterocycles. The molecule has 1 aromatic carbocycles. The van der Waals surface area contributed by atoms with Crippen molar-refractivity contribution in [1.29, 1.82) is 0 Å². The Morgan fingerprint density at radius 3 is 3.14 bits per heavy atom. The summed E-state index contributed by atoms with van der Waals surface area (Å²) in [6, 6.07) is 4.06. The average molecular weight is 410 g/mol. The molecule has 1 amide bonds. The van der Waals surface area contributed by atoms with Crippen LogP contribution in [0.3, 0.4) is 0 Å². The van der Waals surface area contributed by atoms with Crippen LogP contribution in [0.5, 0.6) is 0 Å². The van der Waals surface area contributed by atoms with Crippen LogP contribution in [0, 0.1) is 12.7 Å². The van der Waals surface area contributed by atoms with Crippen LogP contribution in [0.2, 0.25) is 0 Å². The molecule has 1 aliphatic heterocycles. The molecular weight excluding hydrogens is 391 g/mol. The van der Waals surface area contributed by atoms with E-state index in [1.807, 2.05) is 17.2 Å². The molecule has 8 heteroatoms. The van der Waals surface area contributed by atoms with Crippen LogP contribution >= 0.6 is 11.3 Å². The fourth-order valence-corrected chi connectivity index (χ4v) is 4.64. The molecule has 6 nitrogen and oxygen atoms in total. The average Bonchev–Trinajstić information content (AvgIpc) is 3.46. The van der Waals surface area contributed by atoms with Gasteiger partial charge in [-0.15, -0.1) is 11.3 Å². The van der Waals surface area contributed by atoms with Crippen molar-refractivity contribution in [1.82, 2.24) is 19.9 Å². The number of carbonyl (C=O) groups is 1. The predicted octanol–water partition coefficient (Wildman–Crippen LogP) is 4.17. The quantitative estimate of drug-likeness (QED) is 0.548. The fraction of sp³-hybridized carbons (Fsp3) is 0.286. The number of nitrogens with zero attached hydrogens (tertiary/aromatic N) is 3. The first-order valence-corrected chi connectivity index (χ1v) is 10.4. The lowest BCUT2D eigenvalue weighted by atomic mass is 9.97. The second kappa shape index (κ2) is 7.11. The Kier molecular flexibility index (Phi) is 4.43. The Hall–Kier alpha value is -3.00. The summed E-state index contributed by atoms with van der Waals surface area (Å²) < 4.78 is 19.9. The highest BCUT2D eigenvalue weighted by atomic mass is 32.1. The number of furan rings is 1. The molecule has 0 saturated carbocycles. The number of aromatic amines is 1. The van der Waals surface area contributed by atoms with Gasteiger partial charge in [-0.2, -0.15) is 0 Å². The second-order valence-corrected chi connectivity index (χ2v) is 8.14. The summed E-state index contributed by atoms with van der Waals surface area (Å²) in [6.07, 6.45) is 5.10. The summed E-state index contributed by atoms with van der Waals surface area (Å²) in [7, 11) is 0. The number of amides is 1. The fourth-order valence-electron chi connectivity index (χ4n) is 4.02. The Morgan fingerprint density at radius 1 is 1.41 bits per heavy atom. The number of halogens is 1. The highest BCUT2D eigenvalue weighted by molar-refractivity contribution is 7.09. The second-order valence-electron chi connectivity index (χ2n) is 7.16. The number of rotatable bonds is 4. The number of thiazole rings is 1. The molecule has 0 unspecified atom stereocenters. The molecule has 0 saturated heterocycles. The van der Waals surface area contributed by atoms with Gasteiger partial charge < -0.3 is 14.3 Å². The number of imidazole rings is 1. The first-order valence-electron chi connectivity index (χ1n) is 9.50. The Morgan fingerprint density at radius 2 is 2.31 bits per heavy atom. The zero-order valence-corrected chi connectivity index (χ0v) is 16.6. The predicted molar refractivity (Wildman–Crippen MR) is 107 cm³/mol. The van der Waals surface area contributed by atoms with Crippen molar-refractivity contribution in [2.75, 3.05) is 6.54 Å². The summed E-state index contributed by atoms with van der Waals surface area (Å²) in [5, 5.41) is 3.58. The van der Waals surface area contributed by atoms with Crippen molar-refractivity contribution in [2.45, 2.75) is 32.2 Å². The van der Waals surface area contributed by atoms with Gasteiger partial charge in [-0.1, -0.05) is 0 Å². The van der Waals surface area contributed by atoms with Gasteiger partial charge >= 0.3 is 0 Å². The molecule has 0 bridgehead atoms. The third-order valence-electron chi connectivity index (χ3n) is 5.47. The van der Waals surface area contributed by atoms with E-state index in [1.165, 1.54) is 12.1 Å². The molecule has 1 aliphatic rings. The zero-order valence-electron chi connectivity index (χ0n) is 15.8. The summed E-state index contributed by atoms with van der Waals surface area (Å²) in [4.78, 5) is 26.9. The SMILES string of the molecule is Cc1c([C@H]2c3nc[nH]c3CCN2C(=O)CCc2nccs2)oc2ccc(F)cc12. The van der Waals surface area contributed by atoms with Gasteiger partial charge in [-0.05, 0) is 25.1 Å². The smallest absolute Gasteiger partial charge is 0.223 e. The standard InChI is InChI=1S/C21H19FN4O2S/c1-12-14-10-13(22)2-3-16(14)28-21(12)20-19-15(24-11-25-19)6-8-26(20)18(27)5-4-17-23-7-9-29-17/h2-3,7,9-11,20H,4-6,8H2,1H3,(H,24,25)/t20-/m1/s1. The maximum Gasteiger partial charge on any atom is 0.223 e. The molecule has 4 heterocycles. The van der Waals surface area contributed by atoms with Gasteiger partial charge in [0.1, 0.15) is 23.2 Å². The van der Waals surface area contributed by atoms with Crippen LogP contribution in [-0.2, 0) is 17.6 Å². The largest absolute Gasteiger partial charge is 0.458 e. The van der Waals surface area contributed by atoms with Crippen molar-refractivity contribution in [3.05, 3.63) is 69.6 Å². The third kappa shape index (κ3) is 3.13. The Bertz CT molecular complexity index is 1180. The highest BCUT2D eigenvalue weighted by Crippen LogP contribution is 2.39. The van der Waals surface area contributed by atoms with Crippen molar-refractivity contribution in [2.24, 2.45) is 0 Å². The van der Waals surface area contributed by atoms with Crippen molar-refractivity contribution in [3.8, 4) is 0 Å². The molecule has 29 heavy (non-hydrogen) atoms. The van der Waals surface area contributed by atoms with E-state index < -0.39 is 6.04 Å². The summed E-state index contributed by atoms with van der Waals surface area (Å²) in [5.41, 5.74) is 3.24. The van der Waals surface area contributed by atoms with Gasteiger partial charge in [0, 0.05) is 54.0 Å². The number of carbonyl (C=O) groups excluding carboxylic acids is 1. The normalized spacial score (nSPS) is 16.3. The third-order valence-corrected chi connectivity index (χ3v) is 6.30. The topological polar surface area (TPSA) is 75.0 Å². The number of fused-ring (bicyclic) bond motifs is 2. The van der Waals surface area contributed by atoms with E-state index in [2.05, 4.69) is 15.0 Å². The van der Waals surface area contributed by atoms with E-state index in [0.717, 1.165) is 27.3 Å². The van der Waals surface area contributed by atoms with Crippen LogP contribution < -0.4 is 0 Å². The highest BCUT2D eigenvalue weighted by Gasteiger charge is 2.37.